The van der Waals surface area contributed by atoms with Gasteiger partial charge in [0.15, 0.2) is 0 Å². The summed E-state index contributed by atoms with van der Waals surface area (Å²) in [6.45, 7) is 3.65. The van der Waals surface area contributed by atoms with E-state index in [-0.39, 0.29) is 5.82 Å². The SMILES string of the molecule is CCCCN(c1ccc(F)cc1CN)C1CC1. The lowest BCUT2D eigenvalue weighted by atomic mass is 10.1. The second kappa shape index (κ2) is 5.50. The molecule has 1 aliphatic carbocycles. The number of nitrogens with two attached hydrogens (primary N) is 1. The molecule has 2 nitrogen and oxygen atoms in total. The molecular formula is C14H21FN2. The van der Waals surface area contributed by atoms with Gasteiger partial charge in [-0.15, -0.1) is 0 Å². The van der Waals surface area contributed by atoms with Crippen LogP contribution >= 0.6 is 0 Å². The molecule has 0 aliphatic heterocycles. The summed E-state index contributed by atoms with van der Waals surface area (Å²) in [5.74, 6) is -0.194. The van der Waals surface area contributed by atoms with Crippen LogP contribution in [0.2, 0.25) is 0 Å². The van der Waals surface area contributed by atoms with Crippen LogP contribution < -0.4 is 10.6 Å². The summed E-state index contributed by atoms with van der Waals surface area (Å²) < 4.78 is 13.2. The van der Waals surface area contributed by atoms with Crippen LogP contribution in [0.4, 0.5) is 10.1 Å². The van der Waals surface area contributed by atoms with Gasteiger partial charge in [-0.3, -0.25) is 0 Å². The Kier molecular flexibility index (Phi) is 4.00. The van der Waals surface area contributed by atoms with Gasteiger partial charge >= 0.3 is 0 Å². The van der Waals surface area contributed by atoms with E-state index in [9.17, 15) is 4.39 Å². The van der Waals surface area contributed by atoms with E-state index in [0.29, 0.717) is 12.6 Å². The lowest BCUT2D eigenvalue weighted by Crippen LogP contribution is -2.28. The first-order valence-electron chi connectivity index (χ1n) is 6.51. The van der Waals surface area contributed by atoms with Crippen LogP contribution in [0.3, 0.4) is 0 Å². The number of halogens is 1. The molecule has 0 unspecified atom stereocenters. The molecule has 0 radical (unpaired) electrons. The summed E-state index contributed by atoms with van der Waals surface area (Å²) in [6, 6.07) is 5.63. The highest BCUT2D eigenvalue weighted by Gasteiger charge is 2.29. The first kappa shape index (κ1) is 12.4. The number of nitrogens with zero attached hydrogens (tertiary/aromatic N) is 1. The van der Waals surface area contributed by atoms with E-state index in [0.717, 1.165) is 17.8 Å². The molecule has 1 aromatic carbocycles. The molecule has 0 aromatic heterocycles. The largest absolute Gasteiger partial charge is 0.368 e. The molecule has 1 saturated carbocycles. The lowest BCUT2D eigenvalue weighted by Gasteiger charge is -2.27. The number of hydrogen-bond donors (Lipinski definition) is 1. The van der Waals surface area contributed by atoms with Crippen molar-refractivity contribution in [2.45, 2.75) is 45.2 Å². The maximum absolute atomic E-state index is 13.2. The van der Waals surface area contributed by atoms with Gasteiger partial charge in [0.2, 0.25) is 0 Å². The molecule has 0 saturated heterocycles. The van der Waals surface area contributed by atoms with Gasteiger partial charge in [0.25, 0.3) is 0 Å². The minimum atomic E-state index is -0.194. The van der Waals surface area contributed by atoms with E-state index >= 15 is 0 Å². The maximum Gasteiger partial charge on any atom is 0.123 e. The van der Waals surface area contributed by atoms with Crippen molar-refractivity contribution in [1.82, 2.24) is 0 Å². The summed E-state index contributed by atoms with van der Waals surface area (Å²) in [7, 11) is 0. The average molecular weight is 236 g/mol. The molecule has 17 heavy (non-hydrogen) atoms. The molecule has 0 bridgehead atoms. The zero-order valence-electron chi connectivity index (χ0n) is 10.5. The van der Waals surface area contributed by atoms with Crippen LogP contribution in [0.25, 0.3) is 0 Å². The Bertz CT molecular complexity index is 374. The Morgan fingerprint density at radius 2 is 2.18 bits per heavy atom. The quantitative estimate of drug-likeness (QED) is 0.822. The predicted molar refractivity (Wildman–Crippen MR) is 69.6 cm³/mol. The topological polar surface area (TPSA) is 29.3 Å². The molecule has 1 aromatic rings. The summed E-state index contributed by atoms with van der Waals surface area (Å²) in [5.41, 5.74) is 7.77. The summed E-state index contributed by atoms with van der Waals surface area (Å²) in [6.07, 6.45) is 4.87. The number of benzene rings is 1. The van der Waals surface area contributed by atoms with Crippen molar-refractivity contribution in [1.29, 1.82) is 0 Å². The van der Waals surface area contributed by atoms with Crippen molar-refractivity contribution in [2.24, 2.45) is 5.73 Å². The molecule has 94 valence electrons. The third-order valence-electron chi connectivity index (χ3n) is 3.31. The van der Waals surface area contributed by atoms with E-state index < -0.39 is 0 Å². The molecule has 1 fully saturated rings. The van der Waals surface area contributed by atoms with E-state index in [4.69, 9.17) is 5.73 Å². The van der Waals surface area contributed by atoms with E-state index in [1.54, 1.807) is 6.07 Å². The maximum atomic E-state index is 13.2. The van der Waals surface area contributed by atoms with Gasteiger partial charge in [-0.1, -0.05) is 13.3 Å². The normalized spacial score (nSPS) is 15.0. The number of anilines is 1. The van der Waals surface area contributed by atoms with Crippen molar-refractivity contribution < 1.29 is 4.39 Å². The Hall–Kier alpha value is -1.09. The van der Waals surface area contributed by atoms with Gasteiger partial charge in [0.05, 0.1) is 0 Å². The number of rotatable bonds is 6. The van der Waals surface area contributed by atoms with Gasteiger partial charge < -0.3 is 10.6 Å². The van der Waals surface area contributed by atoms with Gasteiger partial charge in [-0.25, -0.2) is 4.39 Å². The van der Waals surface area contributed by atoms with Crippen LogP contribution in [0.15, 0.2) is 18.2 Å². The Balaban J connectivity index is 2.21. The van der Waals surface area contributed by atoms with Crippen LogP contribution in [0.1, 0.15) is 38.2 Å². The molecule has 0 atom stereocenters. The summed E-state index contributed by atoms with van der Waals surface area (Å²) >= 11 is 0. The highest BCUT2D eigenvalue weighted by molar-refractivity contribution is 5.55. The Morgan fingerprint density at radius 3 is 2.76 bits per heavy atom. The molecular weight excluding hydrogens is 215 g/mol. The fourth-order valence-electron chi connectivity index (χ4n) is 2.21. The zero-order valence-corrected chi connectivity index (χ0v) is 10.5. The van der Waals surface area contributed by atoms with Crippen molar-refractivity contribution in [3.05, 3.63) is 29.6 Å². The van der Waals surface area contributed by atoms with E-state index in [1.165, 1.54) is 31.7 Å². The Labute approximate surface area is 103 Å². The lowest BCUT2D eigenvalue weighted by molar-refractivity contribution is 0.624. The first-order chi connectivity index (χ1) is 8.26. The fourth-order valence-corrected chi connectivity index (χ4v) is 2.21. The second-order valence-corrected chi connectivity index (χ2v) is 4.76. The third kappa shape index (κ3) is 2.97. The minimum Gasteiger partial charge on any atom is -0.368 e. The van der Waals surface area contributed by atoms with Gasteiger partial charge in [-0.05, 0) is 43.0 Å². The standard InChI is InChI=1S/C14H21FN2/c1-2-3-8-17(13-5-6-13)14-7-4-12(15)9-11(14)10-16/h4,7,9,13H,2-3,5-6,8,10,16H2,1H3. The number of unbranched alkanes of at least 4 members (excludes halogenated alkanes) is 1. The molecule has 1 aliphatic rings. The highest BCUT2D eigenvalue weighted by atomic mass is 19.1. The molecule has 2 N–H and O–H groups in total. The highest BCUT2D eigenvalue weighted by Crippen LogP contribution is 2.34. The monoisotopic (exact) mass is 236 g/mol. The predicted octanol–water partition coefficient (Wildman–Crippen LogP) is 3.05. The smallest absolute Gasteiger partial charge is 0.123 e. The van der Waals surface area contributed by atoms with E-state index in [1.807, 2.05) is 6.07 Å². The van der Waals surface area contributed by atoms with Crippen molar-refractivity contribution in [3.8, 4) is 0 Å². The van der Waals surface area contributed by atoms with Gasteiger partial charge in [0, 0.05) is 24.8 Å². The first-order valence-corrected chi connectivity index (χ1v) is 6.51. The van der Waals surface area contributed by atoms with Crippen molar-refractivity contribution in [2.75, 3.05) is 11.4 Å². The molecule has 0 heterocycles. The molecule has 0 amide bonds. The number of hydrogen-bond acceptors (Lipinski definition) is 2. The molecule has 2 rings (SSSR count). The van der Waals surface area contributed by atoms with E-state index in [2.05, 4.69) is 11.8 Å². The van der Waals surface area contributed by atoms with Gasteiger partial charge in [0.1, 0.15) is 5.82 Å². The van der Waals surface area contributed by atoms with Crippen molar-refractivity contribution >= 4 is 5.69 Å². The Morgan fingerprint density at radius 1 is 1.41 bits per heavy atom. The molecule has 3 heteroatoms. The summed E-state index contributed by atoms with van der Waals surface area (Å²) in [5, 5.41) is 0. The third-order valence-corrected chi connectivity index (χ3v) is 3.31. The van der Waals surface area contributed by atoms with Crippen LogP contribution in [-0.4, -0.2) is 12.6 Å². The average Bonchev–Trinajstić information content (AvgIpc) is 3.15. The van der Waals surface area contributed by atoms with Crippen LogP contribution in [0, 0.1) is 5.82 Å². The minimum absolute atomic E-state index is 0.194. The molecule has 0 spiro atoms. The van der Waals surface area contributed by atoms with Crippen LogP contribution in [0.5, 0.6) is 0 Å². The van der Waals surface area contributed by atoms with Gasteiger partial charge in [-0.2, -0.15) is 0 Å². The second-order valence-electron chi connectivity index (χ2n) is 4.76. The fraction of sp³-hybridized carbons (Fsp3) is 0.571. The van der Waals surface area contributed by atoms with Crippen molar-refractivity contribution in [3.63, 3.8) is 0 Å². The van der Waals surface area contributed by atoms with Crippen LogP contribution in [-0.2, 0) is 6.54 Å². The summed E-state index contributed by atoms with van der Waals surface area (Å²) in [4.78, 5) is 2.41. The zero-order chi connectivity index (χ0) is 12.3.